The van der Waals surface area contributed by atoms with Crippen LogP contribution in [0.1, 0.15) is 34.1 Å². The predicted octanol–water partition coefficient (Wildman–Crippen LogP) is 1.09. The van der Waals surface area contributed by atoms with E-state index < -0.39 is 0 Å². The highest BCUT2D eigenvalue weighted by Crippen LogP contribution is 2.16. The maximum absolute atomic E-state index is 9.54. The second-order valence-corrected chi connectivity index (χ2v) is 5.54. The molecule has 2 unspecified atom stereocenters. The highest BCUT2D eigenvalue weighted by Gasteiger charge is 2.27. The molecule has 2 atom stereocenters. The summed E-state index contributed by atoms with van der Waals surface area (Å²) in [4.78, 5) is 2.26. The minimum absolute atomic E-state index is 0.160. The molecule has 0 spiro atoms. The lowest BCUT2D eigenvalue weighted by Crippen LogP contribution is -2.52. The van der Waals surface area contributed by atoms with Crippen molar-refractivity contribution in [1.29, 1.82) is 0 Å². The molecule has 104 valence electrons. The van der Waals surface area contributed by atoms with Crippen LogP contribution in [0.3, 0.4) is 0 Å². The molecule has 0 bridgehead atoms. The molecule has 0 aromatic heterocycles. The van der Waals surface area contributed by atoms with Gasteiger partial charge in [0.25, 0.3) is 0 Å². The zero-order valence-electron chi connectivity index (χ0n) is 12.3. The van der Waals surface area contributed by atoms with E-state index >= 15 is 0 Å². The van der Waals surface area contributed by atoms with Crippen LogP contribution in [-0.4, -0.2) is 61.5 Å². The van der Waals surface area contributed by atoms with Gasteiger partial charge in [0, 0.05) is 31.3 Å². The van der Waals surface area contributed by atoms with Crippen LogP contribution in [0.4, 0.5) is 0 Å². The Kier molecular flexibility index (Phi) is 7.96. The SMILES string of the molecule is COCCN(C)C(C)CC(C)(CO)NC(C)C. The third-order valence-electron chi connectivity index (χ3n) is 3.13. The summed E-state index contributed by atoms with van der Waals surface area (Å²) in [6.07, 6.45) is 0.919. The number of hydrogen-bond acceptors (Lipinski definition) is 4. The highest BCUT2D eigenvalue weighted by atomic mass is 16.5. The van der Waals surface area contributed by atoms with Gasteiger partial charge in [-0.1, -0.05) is 13.8 Å². The Balaban J connectivity index is 4.25. The monoisotopic (exact) mass is 246 g/mol. The summed E-state index contributed by atoms with van der Waals surface area (Å²) in [7, 11) is 3.81. The topological polar surface area (TPSA) is 44.7 Å². The van der Waals surface area contributed by atoms with Crippen molar-refractivity contribution in [2.24, 2.45) is 0 Å². The minimum Gasteiger partial charge on any atom is -0.394 e. The first-order valence-corrected chi connectivity index (χ1v) is 6.42. The van der Waals surface area contributed by atoms with E-state index in [2.05, 4.69) is 45.0 Å². The smallest absolute Gasteiger partial charge is 0.0611 e. The van der Waals surface area contributed by atoms with E-state index in [1.165, 1.54) is 0 Å². The third-order valence-corrected chi connectivity index (χ3v) is 3.13. The molecule has 4 heteroatoms. The summed E-state index contributed by atoms with van der Waals surface area (Å²) < 4.78 is 5.08. The molecule has 2 N–H and O–H groups in total. The zero-order valence-corrected chi connectivity index (χ0v) is 12.3. The van der Waals surface area contributed by atoms with E-state index in [-0.39, 0.29) is 12.1 Å². The van der Waals surface area contributed by atoms with Crippen molar-refractivity contribution in [2.75, 3.05) is 33.9 Å². The molecule has 0 aromatic rings. The molecular weight excluding hydrogens is 216 g/mol. The fraction of sp³-hybridized carbons (Fsp3) is 1.00. The van der Waals surface area contributed by atoms with E-state index in [1.54, 1.807) is 7.11 Å². The van der Waals surface area contributed by atoms with Crippen molar-refractivity contribution in [2.45, 2.75) is 51.7 Å². The molecule has 17 heavy (non-hydrogen) atoms. The number of rotatable bonds is 9. The second kappa shape index (κ2) is 8.03. The van der Waals surface area contributed by atoms with Crippen LogP contribution in [0.25, 0.3) is 0 Å². The summed E-state index contributed by atoms with van der Waals surface area (Å²) in [5, 5.41) is 13.0. The molecule has 0 radical (unpaired) electrons. The van der Waals surface area contributed by atoms with Gasteiger partial charge in [0.1, 0.15) is 0 Å². The average Bonchev–Trinajstić information content (AvgIpc) is 2.24. The normalized spacial score (nSPS) is 17.5. The highest BCUT2D eigenvalue weighted by molar-refractivity contribution is 4.87. The number of nitrogens with one attached hydrogen (secondary N) is 1. The Morgan fingerprint density at radius 1 is 1.35 bits per heavy atom. The van der Waals surface area contributed by atoms with Gasteiger partial charge >= 0.3 is 0 Å². The molecule has 0 aliphatic carbocycles. The summed E-state index contributed by atoms with van der Waals surface area (Å²) in [5.74, 6) is 0. The molecule has 0 saturated carbocycles. The molecular formula is C13H30N2O2. The van der Waals surface area contributed by atoms with Gasteiger partial charge in [-0.2, -0.15) is 0 Å². The molecule has 0 fully saturated rings. The lowest BCUT2D eigenvalue weighted by Gasteiger charge is -2.36. The Hall–Kier alpha value is -0.160. The predicted molar refractivity (Wildman–Crippen MR) is 72.3 cm³/mol. The Bertz CT molecular complexity index is 200. The summed E-state index contributed by atoms with van der Waals surface area (Å²) in [5.41, 5.74) is -0.213. The largest absolute Gasteiger partial charge is 0.394 e. The van der Waals surface area contributed by atoms with Gasteiger partial charge in [0.2, 0.25) is 0 Å². The van der Waals surface area contributed by atoms with E-state index in [9.17, 15) is 5.11 Å². The fourth-order valence-corrected chi connectivity index (χ4v) is 2.13. The Morgan fingerprint density at radius 3 is 2.35 bits per heavy atom. The van der Waals surface area contributed by atoms with E-state index in [1.807, 2.05) is 0 Å². The van der Waals surface area contributed by atoms with Gasteiger partial charge in [-0.25, -0.2) is 0 Å². The number of aliphatic hydroxyl groups is 1. The van der Waals surface area contributed by atoms with Crippen molar-refractivity contribution >= 4 is 0 Å². The van der Waals surface area contributed by atoms with Gasteiger partial charge < -0.3 is 20.1 Å². The summed E-state index contributed by atoms with van der Waals surface area (Å²) in [6.45, 7) is 10.3. The Labute approximate surface area is 106 Å². The molecule has 0 rings (SSSR count). The fourth-order valence-electron chi connectivity index (χ4n) is 2.13. The second-order valence-electron chi connectivity index (χ2n) is 5.54. The first-order valence-electron chi connectivity index (χ1n) is 6.42. The standard InChI is InChI=1S/C13H30N2O2/c1-11(2)14-13(4,10-16)9-12(3)15(5)7-8-17-6/h11-12,14,16H,7-10H2,1-6H3. The summed E-state index contributed by atoms with van der Waals surface area (Å²) >= 11 is 0. The molecule has 0 saturated heterocycles. The van der Waals surface area contributed by atoms with Crippen molar-refractivity contribution in [3.05, 3.63) is 0 Å². The van der Waals surface area contributed by atoms with Crippen LogP contribution in [0.5, 0.6) is 0 Å². The maximum atomic E-state index is 9.54. The van der Waals surface area contributed by atoms with E-state index in [0.29, 0.717) is 12.1 Å². The maximum Gasteiger partial charge on any atom is 0.0611 e. The number of nitrogens with zero attached hydrogens (tertiary/aromatic N) is 1. The number of methoxy groups -OCH3 is 1. The van der Waals surface area contributed by atoms with Gasteiger partial charge in [-0.3, -0.25) is 0 Å². The molecule has 0 amide bonds. The number of aliphatic hydroxyl groups excluding tert-OH is 1. The molecule has 0 aliphatic rings. The van der Waals surface area contributed by atoms with Gasteiger partial charge in [-0.05, 0) is 27.3 Å². The van der Waals surface area contributed by atoms with Crippen molar-refractivity contribution in [3.63, 3.8) is 0 Å². The van der Waals surface area contributed by atoms with E-state index in [0.717, 1.165) is 19.6 Å². The van der Waals surface area contributed by atoms with Crippen LogP contribution in [-0.2, 0) is 4.74 Å². The lowest BCUT2D eigenvalue weighted by atomic mass is 9.93. The molecule has 0 heterocycles. The van der Waals surface area contributed by atoms with Gasteiger partial charge in [-0.15, -0.1) is 0 Å². The first-order chi connectivity index (χ1) is 7.84. The lowest BCUT2D eigenvalue weighted by molar-refractivity contribution is 0.100. The Morgan fingerprint density at radius 2 is 1.94 bits per heavy atom. The van der Waals surface area contributed by atoms with Crippen molar-refractivity contribution in [1.82, 2.24) is 10.2 Å². The molecule has 0 aromatic carbocycles. The van der Waals surface area contributed by atoms with Crippen LogP contribution in [0.2, 0.25) is 0 Å². The molecule has 4 nitrogen and oxygen atoms in total. The minimum atomic E-state index is -0.213. The van der Waals surface area contributed by atoms with Crippen LogP contribution in [0, 0.1) is 0 Å². The number of likely N-dealkylation sites (N-methyl/N-ethyl adjacent to an activating group) is 1. The first kappa shape index (κ1) is 16.8. The number of ether oxygens (including phenoxy) is 1. The van der Waals surface area contributed by atoms with Crippen LogP contribution >= 0.6 is 0 Å². The third kappa shape index (κ3) is 6.99. The quantitative estimate of drug-likeness (QED) is 0.639. The summed E-state index contributed by atoms with van der Waals surface area (Å²) in [6, 6.07) is 0.789. The van der Waals surface area contributed by atoms with Gasteiger partial charge in [0.05, 0.1) is 13.2 Å². The van der Waals surface area contributed by atoms with Crippen LogP contribution in [0.15, 0.2) is 0 Å². The van der Waals surface area contributed by atoms with Crippen LogP contribution < -0.4 is 5.32 Å². The van der Waals surface area contributed by atoms with E-state index in [4.69, 9.17) is 4.74 Å². The average molecular weight is 246 g/mol. The van der Waals surface area contributed by atoms with Gasteiger partial charge in [0.15, 0.2) is 0 Å². The zero-order chi connectivity index (χ0) is 13.5. The molecule has 0 aliphatic heterocycles. The van der Waals surface area contributed by atoms with Crippen molar-refractivity contribution < 1.29 is 9.84 Å². The number of hydrogen-bond donors (Lipinski definition) is 2. The van der Waals surface area contributed by atoms with Crippen molar-refractivity contribution in [3.8, 4) is 0 Å².